The number of Topliss-reactive ketones (excluding diaryl/α,β-unsaturated/α-hetero) is 1. The van der Waals surface area contributed by atoms with E-state index in [-0.39, 0.29) is 18.2 Å². The molecule has 0 aromatic heterocycles. The van der Waals surface area contributed by atoms with Gasteiger partial charge in [0.25, 0.3) is 0 Å². The fourth-order valence-corrected chi connectivity index (χ4v) is 1.03. The summed E-state index contributed by atoms with van der Waals surface area (Å²) < 4.78 is 4.75. The predicted octanol–water partition coefficient (Wildman–Crippen LogP) is -0.0977. The van der Waals surface area contributed by atoms with Crippen LogP contribution in [0.2, 0.25) is 0 Å². The van der Waals surface area contributed by atoms with Gasteiger partial charge in [-0.05, 0) is 0 Å². The lowest BCUT2D eigenvalue weighted by atomic mass is 10.1. The molecule has 0 aromatic carbocycles. The van der Waals surface area contributed by atoms with E-state index in [0.29, 0.717) is 19.5 Å². The third-order valence-electron chi connectivity index (χ3n) is 1.55. The fourth-order valence-electron chi connectivity index (χ4n) is 1.03. The number of piperidine rings is 1. The van der Waals surface area contributed by atoms with E-state index >= 15 is 0 Å². The monoisotopic (exact) mass is 193 g/mol. The van der Waals surface area contributed by atoms with Crippen LogP contribution < -0.4 is 5.32 Å². The van der Waals surface area contributed by atoms with Gasteiger partial charge in [0.05, 0.1) is 0 Å². The maximum atomic E-state index is 11.0. The molecule has 1 rings (SSSR count). The van der Waals surface area contributed by atoms with Crippen LogP contribution in [0.4, 0.5) is 0 Å². The molecule has 1 aliphatic heterocycles. The number of ether oxygens (including phenoxy) is 1. The Morgan fingerprint density at radius 2 is 2.33 bits per heavy atom. The van der Waals surface area contributed by atoms with Gasteiger partial charge >= 0.3 is 5.97 Å². The van der Waals surface area contributed by atoms with Crippen molar-refractivity contribution >= 4 is 24.2 Å². The molecule has 1 unspecified atom stereocenters. The highest BCUT2D eigenvalue weighted by Gasteiger charge is 2.23. The normalized spacial score (nSPS) is 22.8. The van der Waals surface area contributed by atoms with Crippen molar-refractivity contribution in [3.8, 4) is 0 Å². The van der Waals surface area contributed by atoms with Crippen molar-refractivity contribution in [1.29, 1.82) is 0 Å². The van der Waals surface area contributed by atoms with Crippen LogP contribution in [0.15, 0.2) is 0 Å². The van der Waals surface area contributed by atoms with Crippen molar-refractivity contribution in [2.45, 2.75) is 19.4 Å². The molecule has 0 aromatic rings. The Labute approximate surface area is 77.1 Å². The first kappa shape index (κ1) is 11.4. The summed E-state index contributed by atoms with van der Waals surface area (Å²) in [4.78, 5) is 21.5. The lowest BCUT2D eigenvalue weighted by Gasteiger charge is -2.20. The first-order chi connectivity index (χ1) is 5.20. The van der Waals surface area contributed by atoms with Crippen LogP contribution in [-0.2, 0) is 14.3 Å². The molecule has 1 heterocycles. The molecular formula is C7H12ClNO3. The minimum absolute atomic E-state index is 0. The summed E-state index contributed by atoms with van der Waals surface area (Å²) in [6, 6.07) is 0. The van der Waals surface area contributed by atoms with Crippen LogP contribution in [0, 0.1) is 0 Å². The van der Waals surface area contributed by atoms with Crippen molar-refractivity contribution in [2.24, 2.45) is 0 Å². The van der Waals surface area contributed by atoms with Crippen molar-refractivity contribution in [3.63, 3.8) is 0 Å². The minimum Gasteiger partial charge on any atom is -0.453 e. The summed E-state index contributed by atoms with van der Waals surface area (Å²) in [5, 5.41) is 2.97. The topological polar surface area (TPSA) is 55.4 Å². The van der Waals surface area contributed by atoms with E-state index in [9.17, 15) is 9.59 Å². The second kappa shape index (κ2) is 5.11. The van der Waals surface area contributed by atoms with Gasteiger partial charge in [-0.3, -0.25) is 9.59 Å². The summed E-state index contributed by atoms with van der Waals surface area (Å²) in [6.07, 6.45) is -0.0981. The van der Waals surface area contributed by atoms with E-state index in [1.807, 2.05) is 0 Å². The van der Waals surface area contributed by atoms with E-state index in [1.54, 1.807) is 0 Å². The zero-order valence-electron chi connectivity index (χ0n) is 6.83. The largest absolute Gasteiger partial charge is 0.453 e. The summed E-state index contributed by atoms with van der Waals surface area (Å²) >= 11 is 0. The summed E-state index contributed by atoms with van der Waals surface area (Å²) in [5.41, 5.74) is 0. The zero-order valence-corrected chi connectivity index (χ0v) is 7.65. The lowest BCUT2D eigenvalue weighted by Crippen LogP contribution is -2.43. The number of carbonyl (C=O) groups is 2. The van der Waals surface area contributed by atoms with Crippen molar-refractivity contribution in [3.05, 3.63) is 0 Å². The van der Waals surface area contributed by atoms with Gasteiger partial charge in [-0.1, -0.05) is 0 Å². The number of rotatable bonds is 1. The first-order valence-electron chi connectivity index (χ1n) is 3.61. The van der Waals surface area contributed by atoms with Gasteiger partial charge in [0, 0.05) is 26.4 Å². The Morgan fingerprint density at radius 3 is 2.83 bits per heavy atom. The molecule has 0 bridgehead atoms. The van der Waals surface area contributed by atoms with E-state index in [4.69, 9.17) is 4.74 Å². The van der Waals surface area contributed by atoms with Crippen LogP contribution in [-0.4, -0.2) is 30.9 Å². The summed E-state index contributed by atoms with van der Waals surface area (Å²) in [6.45, 7) is 2.46. The second-order valence-electron chi connectivity index (χ2n) is 2.52. The molecule has 1 saturated heterocycles. The predicted molar refractivity (Wildman–Crippen MR) is 45.3 cm³/mol. The van der Waals surface area contributed by atoms with Gasteiger partial charge in [0.2, 0.25) is 0 Å². The van der Waals surface area contributed by atoms with Crippen molar-refractivity contribution in [1.82, 2.24) is 5.32 Å². The Kier molecular flexibility index (Phi) is 4.85. The standard InChI is InChI=1S/C7H11NO3.ClH/c1-5(9)11-7-4-8-3-2-6(7)10;/h7-8H,2-4H2,1H3;1H. The fraction of sp³-hybridized carbons (Fsp3) is 0.714. The Balaban J connectivity index is 0.00000121. The molecular weight excluding hydrogens is 182 g/mol. The average Bonchev–Trinajstić information content (AvgIpc) is 1.93. The molecule has 1 fully saturated rings. The van der Waals surface area contributed by atoms with E-state index in [1.165, 1.54) is 6.92 Å². The highest BCUT2D eigenvalue weighted by atomic mass is 35.5. The summed E-state index contributed by atoms with van der Waals surface area (Å²) in [5.74, 6) is -0.383. The Morgan fingerprint density at radius 1 is 1.67 bits per heavy atom. The molecule has 1 N–H and O–H groups in total. The smallest absolute Gasteiger partial charge is 0.303 e. The van der Waals surface area contributed by atoms with Crippen LogP contribution in [0.3, 0.4) is 0 Å². The number of carbonyl (C=O) groups excluding carboxylic acids is 2. The van der Waals surface area contributed by atoms with Gasteiger partial charge in [-0.15, -0.1) is 12.4 Å². The number of ketones is 1. The van der Waals surface area contributed by atoms with Gasteiger partial charge in [-0.2, -0.15) is 0 Å². The van der Waals surface area contributed by atoms with Gasteiger partial charge in [-0.25, -0.2) is 0 Å². The average molecular weight is 194 g/mol. The number of hydrogen-bond donors (Lipinski definition) is 1. The molecule has 1 aliphatic rings. The zero-order chi connectivity index (χ0) is 8.27. The van der Waals surface area contributed by atoms with Crippen LogP contribution in [0.5, 0.6) is 0 Å². The number of halogens is 1. The molecule has 0 amide bonds. The molecule has 4 nitrogen and oxygen atoms in total. The van der Waals surface area contributed by atoms with E-state index < -0.39 is 12.1 Å². The van der Waals surface area contributed by atoms with Crippen LogP contribution in [0.25, 0.3) is 0 Å². The third-order valence-corrected chi connectivity index (χ3v) is 1.55. The molecule has 0 aliphatic carbocycles. The first-order valence-corrected chi connectivity index (χ1v) is 3.61. The Hall–Kier alpha value is -0.610. The number of nitrogens with one attached hydrogen (secondary N) is 1. The van der Waals surface area contributed by atoms with Gasteiger partial charge in [0.1, 0.15) is 0 Å². The summed E-state index contributed by atoms with van der Waals surface area (Å²) in [7, 11) is 0. The molecule has 0 radical (unpaired) electrons. The lowest BCUT2D eigenvalue weighted by molar-refractivity contribution is -0.153. The number of hydrogen-bond acceptors (Lipinski definition) is 4. The number of esters is 1. The quantitative estimate of drug-likeness (QED) is 0.591. The van der Waals surface area contributed by atoms with Gasteiger partial charge in [0.15, 0.2) is 11.9 Å². The van der Waals surface area contributed by atoms with Gasteiger partial charge < -0.3 is 10.1 Å². The van der Waals surface area contributed by atoms with Crippen LogP contribution in [0.1, 0.15) is 13.3 Å². The van der Waals surface area contributed by atoms with E-state index in [2.05, 4.69) is 5.32 Å². The van der Waals surface area contributed by atoms with Crippen molar-refractivity contribution in [2.75, 3.05) is 13.1 Å². The van der Waals surface area contributed by atoms with Crippen molar-refractivity contribution < 1.29 is 14.3 Å². The molecule has 0 saturated carbocycles. The third kappa shape index (κ3) is 3.19. The molecule has 5 heteroatoms. The highest BCUT2D eigenvalue weighted by molar-refractivity contribution is 5.86. The van der Waals surface area contributed by atoms with Crippen LogP contribution >= 0.6 is 12.4 Å². The maximum absolute atomic E-state index is 11.0. The van der Waals surface area contributed by atoms with E-state index in [0.717, 1.165) is 0 Å². The maximum Gasteiger partial charge on any atom is 0.303 e. The SMILES string of the molecule is CC(=O)OC1CNCCC1=O.Cl. The molecule has 70 valence electrons. The molecule has 12 heavy (non-hydrogen) atoms. The molecule has 1 atom stereocenters. The highest BCUT2D eigenvalue weighted by Crippen LogP contribution is 2.01. The Bertz CT molecular complexity index is 183. The second-order valence-corrected chi connectivity index (χ2v) is 2.52. The molecule has 0 spiro atoms. The minimum atomic E-state index is -0.554.